The highest BCUT2D eigenvalue weighted by Gasteiger charge is 2.30. The van der Waals surface area contributed by atoms with Crippen molar-refractivity contribution in [1.29, 1.82) is 0 Å². The molecular formula is C17H21N3O6. The second-order valence-corrected chi connectivity index (χ2v) is 7.68. The van der Waals surface area contributed by atoms with Crippen molar-refractivity contribution in [2.45, 2.75) is 52.7 Å². The predicted octanol–water partition coefficient (Wildman–Crippen LogP) is 3.68. The molecule has 0 aliphatic heterocycles. The van der Waals surface area contributed by atoms with Gasteiger partial charge in [-0.05, 0) is 47.6 Å². The van der Waals surface area contributed by atoms with Gasteiger partial charge in [-0.15, -0.1) is 0 Å². The van der Waals surface area contributed by atoms with Crippen LogP contribution in [0.3, 0.4) is 0 Å². The zero-order chi connectivity index (χ0) is 19.9. The van der Waals surface area contributed by atoms with E-state index >= 15 is 0 Å². The third kappa shape index (κ3) is 4.35. The highest BCUT2D eigenvalue weighted by atomic mass is 16.6. The number of nitrogens with zero attached hydrogens (tertiary/aromatic N) is 3. The number of nitro groups is 1. The van der Waals surface area contributed by atoms with Gasteiger partial charge in [0.05, 0.1) is 16.0 Å². The van der Waals surface area contributed by atoms with Gasteiger partial charge < -0.3 is 9.47 Å². The molecule has 1 aromatic heterocycles. The number of hydrogen-bond donors (Lipinski definition) is 0. The Morgan fingerprint density at radius 3 is 2.15 bits per heavy atom. The lowest BCUT2D eigenvalue weighted by molar-refractivity contribution is -0.384. The number of non-ortho nitro benzene ring substituents is 1. The van der Waals surface area contributed by atoms with E-state index in [1.807, 2.05) is 0 Å². The molecule has 0 aliphatic carbocycles. The van der Waals surface area contributed by atoms with Crippen molar-refractivity contribution in [2.24, 2.45) is 0 Å². The fourth-order valence-corrected chi connectivity index (χ4v) is 2.14. The first-order valence-corrected chi connectivity index (χ1v) is 7.92. The summed E-state index contributed by atoms with van der Waals surface area (Å²) in [6, 6.07) is 3.76. The second-order valence-electron chi connectivity index (χ2n) is 7.68. The zero-order valence-electron chi connectivity index (χ0n) is 15.5. The molecule has 0 amide bonds. The van der Waals surface area contributed by atoms with Crippen LogP contribution in [0.4, 0.5) is 10.5 Å². The molecule has 1 aromatic carbocycles. The number of hydrogen-bond acceptors (Lipinski definition) is 7. The van der Waals surface area contributed by atoms with Crippen LogP contribution in [0, 0.1) is 10.1 Å². The summed E-state index contributed by atoms with van der Waals surface area (Å²) < 4.78 is 11.6. The van der Waals surface area contributed by atoms with Gasteiger partial charge in [-0.3, -0.25) is 10.1 Å². The van der Waals surface area contributed by atoms with Crippen molar-refractivity contribution in [3.63, 3.8) is 0 Å². The molecule has 26 heavy (non-hydrogen) atoms. The molecule has 0 fully saturated rings. The Morgan fingerprint density at radius 2 is 1.65 bits per heavy atom. The smallest absolute Gasteiger partial charge is 0.420 e. The minimum Gasteiger partial charge on any atom is -0.454 e. The number of rotatable bonds is 2. The lowest BCUT2D eigenvalue weighted by Gasteiger charge is -2.21. The summed E-state index contributed by atoms with van der Waals surface area (Å²) in [5, 5.41) is 11.0. The highest BCUT2D eigenvalue weighted by molar-refractivity contribution is 5.98. The number of carbonyl (C=O) groups is 2. The standard InChI is InChI=1S/C17H21N3O6/c1-16(2,3)25-14(21)13-18-11-9-10(20(23)24)7-8-12(11)19(13)15(22)26-17(4,5)6/h7-9H,1-6H3. The van der Waals surface area contributed by atoms with Crippen LogP contribution >= 0.6 is 0 Å². The fourth-order valence-electron chi connectivity index (χ4n) is 2.14. The molecule has 0 radical (unpaired) electrons. The first-order valence-electron chi connectivity index (χ1n) is 7.92. The largest absolute Gasteiger partial charge is 0.454 e. The molecule has 140 valence electrons. The van der Waals surface area contributed by atoms with Crippen molar-refractivity contribution in [3.8, 4) is 0 Å². The van der Waals surface area contributed by atoms with Gasteiger partial charge in [0.25, 0.3) is 5.69 Å². The number of carbonyl (C=O) groups excluding carboxylic acids is 2. The lowest BCUT2D eigenvalue weighted by atomic mass is 10.2. The summed E-state index contributed by atoms with van der Waals surface area (Å²) in [6.45, 7) is 10.1. The molecule has 0 spiro atoms. The van der Waals surface area contributed by atoms with Gasteiger partial charge in [0.1, 0.15) is 11.2 Å². The highest BCUT2D eigenvalue weighted by Crippen LogP contribution is 2.24. The average Bonchev–Trinajstić information content (AvgIpc) is 2.82. The molecular weight excluding hydrogens is 342 g/mol. The first kappa shape index (κ1) is 19.4. The normalized spacial score (nSPS) is 12.1. The number of ether oxygens (including phenoxy) is 2. The number of nitro benzene ring substituents is 1. The maximum atomic E-state index is 12.6. The molecule has 9 nitrogen and oxygen atoms in total. The molecule has 2 aromatic rings. The fraction of sp³-hybridized carbons (Fsp3) is 0.471. The number of benzene rings is 1. The van der Waals surface area contributed by atoms with E-state index in [2.05, 4.69) is 4.98 Å². The Balaban J connectivity index is 2.64. The molecule has 0 aliphatic rings. The summed E-state index contributed by atoms with van der Waals surface area (Å²) in [7, 11) is 0. The van der Waals surface area contributed by atoms with Crippen LogP contribution in [-0.2, 0) is 9.47 Å². The summed E-state index contributed by atoms with van der Waals surface area (Å²) in [5.74, 6) is -1.13. The molecule has 0 atom stereocenters. The molecule has 0 N–H and O–H groups in total. The third-order valence-corrected chi connectivity index (χ3v) is 3.01. The van der Waals surface area contributed by atoms with Crippen LogP contribution < -0.4 is 0 Å². The van der Waals surface area contributed by atoms with E-state index in [4.69, 9.17) is 9.47 Å². The molecule has 1 heterocycles. The number of imidazole rings is 1. The predicted molar refractivity (Wildman–Crippen MR) is 93.2 cm³/mol. The maximum absolute atomic E-state index is 12.6. The van der Waals surface area contributed by atoms with Crippen LogP contribution in [-0.4, -0.2) is 37.7 Å². The molecule has 0 saturated heterocycles. The van der Waals surface area contributed by atoms with Gasteiger partial charge in [0.15, 0.2) is 0 Å². The summed E-state index contributed by atoms with van der Waals surface area (Å²) in [6.07, 6.45) is -0.824. The van der Waals surface area contributed by atoms with Gasteiger partial charge >= 0.3 is 12.1 Å². The van der Waals surface area contributed by atoms with E-state index in [1.165, 1.54) is 18.2 Å². The Bertz CT molecular complexity index is 886. The quantitative estimate of drug-likeness (QED) is 0.454. The van der Waals surface area contributed by atoms with Crippen LogP contribution in [0.1, 0.15) is 52.2 Å². The van der Waals surface area contributed by atoms with Crippen LogP contribution in [0.5, 0.6) is 0 Å². The van der Waals surface area contributed by atoms with Gasteiger partial charge in [0, 0.05) is 12.1 Å². The Morgan fingerprint density at radius 1 is 1.08 bits per heavy atom. The number of esters is 1. The first-order chi connectivity index (χ1) is 11.8. The molecule has 0 saturated carbocycles. The van der Waals surface area contributed by atoms with E-state index in [1.54, 1.807) is 41.5 Å². The number of aromatic nitrogens is 2. The number of fused-ring (bicyclic) bond motifs is 1. The van der Waals surface area contributed by atoms with Crippen molar-refractivity contribution in [2.75, 3.05) is 0 Å². The van der Waals surface area contributed by atoms with Crippen LogP contribution in [0.25, 0.3) is 11.0 Å². The Kier molecular flexibility index (Phi) is 4.76. The van der Waals surface area contributed by atoms with Crippen molar-refractivity contribution in [3.05, 3.63) is 34.1 Å². The second kappa shape index (κ2) is 6.40. The maximum Gasteiger partial charge on any atom is 0.420 e. The minimum absolute atomic E-state index is 0.117. The molecule has 0 bridgehead atoms. The Labute approximate surface area is 150 Å². The van der Waals surface area contributed by atoms with Crippen LogP contribution in [0.2, 0.25) is 0 Å². The Hall–Kier alpha value is -2.97. The molecule has 9 heteroatoms. The lowest BCUT2D eigenvalue weighted by Crippen LogP contribution is -2.31. The van der Waals surface area contributed by atoms with Gasteiger partial charge in [-0.1, -0.05) is 0 Å². The SMILES string of the molecule is CC(C)(C)OC(=O)c1nc2cc([N+](=O)[O-])ccc2n1C(=O)OC(C)(C)C. The molecule has 2 rings (SSSR count). The summed E-state index contributed by atoms with van der Waals surface area (Å²) >= 11 is 0. The van der Waals surface area contributed by atoms with Crippen molar-refractivity contribution < 1.29 is 24.0 Å². The third-order valence-electron chi connectivity index (χ3n) is 3.01. The van der Waals surface area contributed by atoms with E-state index in [-0.39, 0.29) is 22.5 Å². The van der Waals surface area contributed by atoms with E-state index in [9.17, 15) is 19.7 Å². The monoisotopic (exact) mass is 363 g/mol. The summed E-state index contributed by atoms with van der Waals surface area (Å²) in [5.41, 5.74) is -1.49. The minimum atomic E-state index is -0.831. The topological polar surface area (TPSA) is 114 Å². The van der Waals surface area contributed by atoms with E-state index in [0.29, 0.717) is 0 Å². The zero-order valence-corrected chi connectivity index (χ0v) is 15.5. The van der Waals surface area contributed by atoms with E-state index in [0.717, 1.165) is 4.57 Å². The van der Waals surface area contributed by atoms with Gasteiger partial charge in [0.2, 0.25) is 5.82 Å². The van der Waals surface area contributed by atoms with Crippen LogP contribution in [0.15, 0.2) is 18.2 Å². The van der Waals surface area contributed by atoms with E-state index < -0.39 is 28.2 Å². The molecule has 0 unspecified atom stereocenters. The summed E-state index contributed by atoms with van der Waals surface area (Å²) in [4.78, 5) is 39.6. The van der Waals surface area contributed by atoms with Crippen molar-refractivity contribution >= 4 is 28.8 Å². The van der Waals surface area contributed by atoms with Crippen molar-refractivity contribution in [1.82, 2.24) is 9.55 Å². The van der Waals surface area contributed by atoms with Gasteiger partial charge in [-0.2, -0.15) is 0 Å². The van der Waals surface area contributed by atoms with Gasteiger partial charge in [-0.25, -0.2) is 19.1 Å². The average molecular weight is 363 g/mol.